The van der Waals surface area contributed by atoms with E-state index < -0.39 is 12.2 Å². The summed E-state index contributed by atoms with van der Waals surface area (Å²) in [6.45, 7) is 3.21. The molecule has 0 aromatic heterocycles. The summed E-state index contributed by atoms with van der Waals surface area (Å²) in [5.41, 5.74) is 6.63. The van der Waals surface area contributed by atoms with Gasteiger partial charge in [-0.05, 0) is 30.5 Å². The van der Waals surface area contributed by atoms with Gasteiger partial charge in [-0.25, -0.2) is 4.39 Å². The van der Waals surface area contributed by atoms with Gasteiger partial charge < -0.3 is 15.9 Å². The molecule has 4 heteroatoms. The number of aryl methyl sites for hydroxylation is 2. The van der Waals surface area contributed by atoms with Gasteiger partial charge in [0.25, 0.3) is 0 Å². The highest BCUT2D eigenvalue weighted by molar-refractivity contribution is 5.32. The largest absolute Gasteiger partial charge is 0.389 e. The first kappa shape index (κ1) is 12.1. The molecule has 0 aliphatic heterocycles. The van der Waals surface area contributed by atoms with Gasteiger partial charge in [-0.15, -0.1) is 0 Å². The molecular weight excluding hydrogens is 197 g/mol. The summed E-state index contributed by atoms with van der Waals surface area (Å²) in [5, 5.41) is 19.0. The van der Waals surface area contributed by atoms with Crippen molar-refractivity contribution in [3.63, 3.8) is 0 Å². The second kappa shape index (κ2) is 4.70. The Morgan fingerprint density at radius 3 is 2.13 bits per heavy atom. The number of hydrogen-bond donors (Lipinski definition) is 3. The summed E-state index contributed by atoms with van der Waals surface area (Å²) in [6, 6.07) is 3.04. The third-order valence-electron chi connectivity index (χ3n) is 2.41. The Kier molecular flexibility index (Phi) is 3.79. The lowest BCUT2D eigenvalue weighted by molar-refractivity contribution is 0.0242. The van der Waals surface area contributed by atoms with Crippen molar-refractivity contribution in [3.8, 4) is 0 Å². The van der Waals surface area contributed by atoms with Gasteiger partial charge in [0.15, 0.2) is 0 Å². The number of hydrogen-bond acceptors (Lipinski definition) is 3. The van der Waals surface area contributed by atoms with Crippen LogP contribution in [0.4, 0.5) is 4.39 Å². The monoisotopic (exact) mass is 213 g/mol. The molecule has 0 amide bonds. The van der Waals surface area contributed by atoms with Crippen molar-refractivity contribution in [1.29, 1.82) is 0 Å². The summed E-state index contributed by atoms with van der Waals surface area (Å²) in [7, 11) is 0. The smallest absolute Gasteiger partial charge is 0.129 e. The average molecular weight is 213 g/mol. The summed E-state index contributed by atoms with van der Waals surface area (Å²) >= 11 is 0. The topological polar surface area (TPSA) is 66.5 Å². The normalized spacial score (nSPS) is 15.1. The van der Waals surface area contributed by atoms with Crippen LogP contribution >= 0.6 is 0 Å². The van der Waals surface area contributed by atoms with Crippen molar-refractivity contribution < 1.29 is 14.6 Å². The molecule has 1 aromatic rings. The van der Waals surface area contributed by atoms with Crippen molar-refractivity contribution in [1.82, 2.24) is 0 Å². The highest BCUT2D eigenvalue weighted by Crippen LogP contribution is 2.22. The number of nitrogens with two attached hydrogens (primary N) is 1. The number of rotatable bonds is 3. The maximum Gasteiger partial charge on any atom is 0.129 e. The third kappa shape index (κ3) is 2.53. The van der Waals surface area contributed by atoms with Crippen LogP contribution in [0.15, 0.2) is 12.1 Å². The highest BCUT2D eigenvalue weighted by Gasteiger charge is 2.18. The van der Waals surface area contributed by atoms with Gasteiger partial charge >= 0.3 is 0 Å². The predicted molar refractivity (Wildman–Crippen MR) is 55.9 cm³/mol. The van der Waals surface area contributed by atoms with Gasteiger partial charge in [-0.3, -0.25) is 0 Å². The van der Waals surface area contributed by atoms with Crippen molar-refractivity contribution in [2.24, 2.45) is 5.73 Å². The molecule has 3 nitrogen and oxygen atoms in total. The Balaban J connectivity index is 3.06. The van der Waals surface area contributed by atoms with Crippen LogP contribution in [0.25, 0.3) is 0 Å². The summed E-state index contributed by atoms with van der Waals surface area (Å²) in [4.78, 5) is 0. The minimum Gasteiger partial charge on any atom is -0.389 e. The molecule has 84 valence electrons. The molecule has 2 atom stereocenters. The molecule has 0 aliphatic rings. The molecule has 0 spiro atoms. The van der Waals surface area contributed by atoms with Gasteiger partial charge in [0.1, 0.15) is 11.9 Å². The van der Waals surface area contributed by atoms with Crippen LogP contribution < -0.4 is 5.73 Å². The molecule has 2 unspecified atom stereocenters. The Morgan fingerprint density at radius 2 is 1.73 bits per heavy atom. The van der Waals surface area contributed by atoms with E-state index in [1.54, 1.807) is 13.8 Å². The number of benzene rings is 1. The summed E-state index contributed by atoms with van der Waals surface area (Å²) in [6.07, 6.45) is -2.08. The van der Waals surface area contributed by atoms with Crippen LogP contribution in [0, 0.1) is 19.7 Å². The molecule has 0 aliphatic carbocycles. The van der Waals surface area contributed by atoms with Crippen LogP contribution in [0.5, 0.6) is 0 Å². The Labute approximate surface area is 88.4 Å². The predicted octanol–water partition coefficient (Wildman–Crippen LogP) is 0.796. The minimum atomic E-state index is -1.06. The van der Waals surface area contributed by atoms with Crippen molar-refractivity contribution in [3.05, 3.63) is 34.6 Å². The number of aliphatic hydroxyl groups is 2. The van der Waals surface area contributed by atoms with Crippen LogP contribution in [-0.4, -0.2) is 22.9 Å². The fraction of sp³-hybridized carbons (Fsp3) is 0.455. The van der Waals surface area contributed by atoms with Crippen molar-refractivity contribution >= 4 is 0 Å². The number of halogens is 1. The van der Waals surface area contributed by atoms with Crippen molar-refractivity contribution in [2.75, 3.05) is 6.54 Å². The second-order valence-corrected chi connectivity index (χ2v) is 3.72. The van der Waals surface area contributed by atoms with E-state index in [2.05, 4.69) is 0 Å². The fourth-order valence-electron chi connectivity index (χ4n) is 1.50. The van der Waals surface area contributed by atoms with Crippen molar-refractivity contribution in [2.45, 2.75) is 26.1 Å². The highest BCUT2D eigenvalue weighted by atomic mass is 19.1. The van der Waals surface area contributed by atoms with Gasteiger partial charge in [0.05, 0.1) is 6.10 Å². The lowest BCUT2D eigenvalue weighted by atomic mass is 9.99. The van der Waals surface area contributed by atoms with E-state index >= 15 is 0 Å². The van der Waals surface area contributed by atoms with Crippen LogP contribution in [-0.2, 0) is 0 Å². The quantitative estimate of drug-likeness (QED) is 0.695. The Bertz CT molecular complexity index is 331. The molecule has 4 N–H and O–H groups in total. The molecule has 0 saturated heterocycles. The molecule has 0 fully saturated rings. The summed E-state index contributed by atoms with van der Waals surface area (Å²) in [5.74, 6) is -0.284. The first-order valence-electron chi connectivity index (χ1n) is 4.80. The maximum absolute atomic E-state index is 13.3. The lowest BCUT2D eigenvalue weighted by Gasteiger charge is -2.17. The van der Waals surface area contributed by atoms with Crippen LogP contribution in [0.2, 0.25) is 0 Å². The molecule has 1 rings (SSSR count). The van der Waals surface area contributed by atoms with Crippen LogP contribution in [0.1, 0.15) is 22.8 Å². The Morgan fingerprint density at radius 1 is 1.27 bits per heavy atom. The van der Waals surface area contributed by atoms with Gasteiger partial charge in [-0.2, -0.15) is 0 Å². The van der Waals surface area contributed by atoms with E-state index in [4.69, 9.17) is 5.73 Å². The molecule has 0 bridgehead atoms. The lowest BCUT2D eigenvalue weighted by Crippen LogP contribution is -2.27. The van der Waals surface area contributed by atoms with E-state index in [0.29, 0.717) is 16.7 Å². The average Bonchev–Trinajstić information content (AvgIpc) is 2.23. The summed E-state index contributed by atoms with van der Waals surface area (Å²) < 4.78 is 13.3. The minimum absolute atomic E-state index is 0.0311. The van der Waals surface area contributed by atoms with E-state index in [1.807, 2.05) is 0 Å². The zero-order chi connectivity index (χ0) is 11.6. The molecule has 0 radical (unpaired) electrons. The van der Waals surface area contributed by atoms with E-state index in [0.717, 1.165) is 0 Å². The molecule has 0 heterocycles. The zero-order valence-electron chi connectivity index (χ0n) is 8.87. The third-order valence-corrected chi connectivity index (χ3v) is 2.41. The zero-order valence-corrected chi connectivity index (χ0v) is 8.87. The van der Waals surface area contributed by atoms with E-state index in [1.165, 1.54) is 12.1 Å². The van der Waals surface area contributed by atoms with Gasteiger partial charge in [-0.1, -0.05) is 12.1 Å². The molecule has 15 heavy (non-hydrogen) atoms. The van der Waals surface area contributed by atoms with E-state index in [9.17, 15) is 14.6 Å². The first-order chi connectivity index (χ1) is 6.97. The van der Waals surface area contributed by atoms with Gasteiger partial charge in [0.2, 0.25) is 0 Å². The fourth-order valence-corrected chi connectivity index (χ4v) is 1.50. The number of aliphatic hydroxyl groups excluding tert-OH is 2. The standard InChI is InChI=1S/C11H16FNO2/c1-6-3-8(4-7(2)10(6)12)11(15)9(14)5-13/h3-4,9,11,14-15H,5,13H2,1-2H3. The van der Waals surface area contributed by atoms with Crippen LogP contribution in [0.3, 0.4) is 0 Å². The molecule has 0 saturated carbocycles. The molecule has 1 aromatic carbocycles. The second-order valence-electron chi connectivity index (χ2n) is 3.72. The maximum atomic E-state index is 13.3. The molecular formula is C11H16FNO2. The SMILES string of the molecule is Cc1cc(C(O)C(O)CN)cc(C)c1F. The Hall–Kier alpha value is -0.970. The van der Waals surface area contributed by atoms with E-state index in [-0.39, 0.29) is 12.4 Å². The van der Waals surface area contributed by atoms with Gasteiger partial charge in [0, 0.05) is 6.54 Å². The first-order valence-corrected chi connectivity index (χ1v) is 4.80.